The summed E-state index contributed by atoms with van der Waals surface area (Å²) in [5.74, 6) is 0.887. The maximum Gasteiger partial charge on any atom is 0.136 e. The lowest BCUT2D eigenvalue weighted by Crippen LogP contribution is -2.25. The highest BCUT2D eigenvalue weighted by Gasteiger charge is 2.31. The summed E-state index contributed by atoms with van der Waals surface area (Å²) in [5.41, 5.74) is 4.08. The van der Waals surface area contributed by atoms with E-state index in [2.05, 4.69) is 35.8 Å². The summed E-state index contributed by atoms with van der Waals surface area (Å²) < 4.78 is 6.61. The van der Waals surface area contributed by atoms with Crippen molar-refractivity contribution >= 4 is 15.9 Å². The van der Waals surface area contributed by atoms with E-state index in [4.69, 9.17) is 9.84 Å². The summed E-state index contributed by atoms with van der Waals surface area (Å²) in [4.78, 5) is 0. The Kier molecular flexibility index (Phi) is 4.02. The van der Waals surface area contributed by atoms with E-state index in [0.29, 0.717) is 6.42 Å². The van der Waals surface area contributed by atoms with Gasteiger partial charge in [0.05, 0.1) is 11.6 Å². The first-order valence-electron chi connectivity index (χ1n) is 6.51. The van der Waals surface area contributed by atoms with Gasteiger partial charge in [-0.2, -0.15) is 0 Å². The first kappa shape index (κ1) is 13.9. The molecular formula is C15H21BrO2. The van der Waals surface area contributed by atoms with Crippen LogP contribution >= 0.6 is 15.9 Å². The fourth-order valence-electron chi connectivity index (χ4n) is 3.05. The van der Waals surface area contributed by atoms with Gasteiger partial charge in [-0.05, 0) is 63.7 Å². The second-order valence-electron chi connectivity index (χ2n) is 5.63. The highest BCUT2D eigenvalue weighted by atomic mass is 79.9. The minimum Gasteiger partial charge on any atom is -0.495 e. The van der Waals surface area contributed by atoms with E-state index in [1.165, 1.54) is 24.0 Å². The van der Waals surface area contributed by atoms with Crippen molar-refractivity contribution in [2.24, 2.45) is 0 Å². The molecule has 0 atom stereocenters. The Hall–Kier alpha value is -0.540. The van der Waals surface area contributed by atoms with Gasteiger partial charge in [-0.3, -0.25) is 0 Å². The van der Waals surface area contributed by atoms with Crippen LogP contribution in [-0.2, 0) is 18.3 Å². The zero-order valence-electron chi connectivity index (χ0n) is 11.3. The molecule has 2 nitrogen and oxygen atoms in total. The molecule has 0 fully saturated rings. The molecule has 0 saturated carbocycles. The van der Waals surface area contributed by atoms with E-state index < -0.39 is 0 Å². The van der Waals surface area contributed by atoms with E-state index in [1.807, 2.05) is 0 Å². The first-order chi connectivity index (χ1) is 8.51. The number of fused-ring (bicyclic) bond motifs is 1. The van der Waals surface area contributed by atoms with Gasteiger partial charge in [-0.1, -0.05) is 19.9 Å². The van der Waals surface area contributed by atoms with E-state index in [9.17, 15) is 0 Å². The van der Waals surface area contributed by atoms with Crippen molar-refractivity contribution in [3.63, 3.8) is 0 Å². The summed E-state index contributed by atoms with van der Waals surface area (Å²) in [6.45, 7) is 4.74. The summed E-state index contributed by atoms with van der Waals surface area (Å²) >= 11 is 3.72. The average molecular weight is 313 g/mol. The van der Waals surface area contributed by atoms with Crippen molar-refractivity contribution in [1.29, 1.82) is 0 Å². The van der Waals surface area contributed by atoms with Crippen LogP contribution in [0.1, 0.15) is 43.4 Å². The van der Waals surface area contributed by atoms with Gasteiger partial charge in [0.2, 0.25) is 0 Å². The monoisotopic (exact) mass is 312 g/mol. The number of hydrogen-bond acceptors (Lipinski definition) is 2. The minimum absolute atomic E-state index is 0.158. The number of rotatable bonds is 3. The molecule has 0 radical (unpaired) electrons. The third kappa shape index (κ3) is 2.30. The van der Waals surface area contributed by atoms with Gasteiger partial charge in [0.1, 0.15) is 5.75 Å². The Morgan fingerprint density at radius 2 is 2.17 bits per heavy atom. The fraction of sp³-hybridized carbons (Fsp3) is 0.600. The molecule has 100 valence electrons. The molecule has 0 saturated heterocycles. The molecule has 0 aromatic heterocycles. The summed E-state index contributed by atoms with van der Waals surface area (Å²) in [6, 6.07) is 2.22. The molecule has 0 heterocycles. The maximum atomic E-state index is 9.17. The topological polar surface area (TPSA) is 29.5 Å². The lowest BCUT2D eigenvalue weighted by Gasteiger charge is -2.34. The Bertz CT molecular complexity index is 452. The second-order valence-corrected chi connectivity index (χ2v) is 6.42. The fourth-order valence-corrected chi connectivity index (χ4v) is 4.25. The molecule has 0 spiro atoms. The third-order valence-corrected chi connectivity index (χ3v) is 4.65. The van der Waals surface area contributed by atoms with Crippen LogP contribution in [0.2, 0.25) is 0 Å². The van der Waals surface area contributed by atoms with Gasteiger partial charge in [-0.15, -0.1) is 0 Å². The number of benzene rings is 1. The highest BCUT2D eigenvalue weighted by molar-refractivity contribution is 9.10. The third-order valence-electron chi connectivity index (χ3n) is 3.89. The lowest BCUT2D eigenvalue weighted by atomic mass is 9.72. The Balaban J connectivity index is 2.62. The van der Waals surface area contributed by atoms with Crippen LogP contribution in [0.4, 0.5) is 0 Å². The highest BCUT2D eigenvalue weighted by Crippen LogP contribution is 2.46. The van der Waals surface area contributed by atoms with Crippen molar-refractivity contribution in [1.82, 2.24) is 0 Å². The number of halogens is 1. The van der Waals surface area contributed by atoms with Crippen LogP contribution in [0.3, 0.4) is 0 Å². The number of aliphatic hydroxyl groups excluding tert-OH is 1. The molecule has 0 amide bonds. The standard InChI is InChI=1S/C15H21BrO2/c1-15(2)7-4-5-10-9-11(6-8-17)14(18-3)13(16)12(10)15/h9,17H,4-8H2,1-3H3. The van der Waals surface area contributed by atoms with Gasteiger partial charge in [0.15, 0.2) is 0 Å². The summed E-state index contributed by atoms with van der Waals surface area (Å²) in [7, 11) is 1.70. The van der Waals surface area contributed by atoms with E-state index in [-0.39, 0.29) is 12.0 Å². The molecule has 1 aliphatic rings. The number of methoxy groups -OCH3 is 1. The van der Waals surface area contributed by atoms with Crippen LogP contribution in [0.5, 0.6) is 5.75 Å². The molecule has 3 heteroatoms. The van der Waals surface area contributed by atoms with Crippen molar-refractivity contribution in [2.45, 2.75) is 44.9 Å². The van der Waals surface area contributed by atoms with Crippen LogP contribution in [0.25, 0.3) is 0 Å². The predicted molar refractivity (Wildman–Crippen MR) is 77.4 cm³/mol. The van der Waals surface area contributed by atoms with Crippen LogP contribution < -0.4 is 4.74 Å². The Morgan fingerprint density at radius 1 is 1.44 bits per heavy atom. The smallest absolute Gasteiger partial charge is 0.136 e. The molecule has 1 N–H and O–H groups in total. The van der Waals surface area contributed by atoms with Gasteiger partial charge < -0.3 is 9.84 Å². The number of aliphatic hydroxyl groups is 1. The molecule has 0 bridgehead atoms. The van der Waals surface area contributed by atoms with Gasteiger partial charge in [0, 0.05) is 6.61 Å². The number of aryl methyl sites for hydroxylation is 1. The van der Waals surface area contributed by atoms with Gasteiger partial charge >= 0.3 is 0 Å². The quantitative estimate of drug-likeness (QED) is 0.924. The number of ether oxygens (including phenoxy) is 1. The predicted octanol–water partition coefficient (Wildman–Crippen LogP) is 3.61. The summed E-state index contributed by atoms with van der Waals surface area (Å²) in [6.07, 6.45) is 4.22. The number of hydrogen-bond donors (Lipinski definition) is 1. The SMILES string of the molecule is COc1c(CCO)cc2c(c1Br)C(C)(C)CCC2. The zero-order chi connectivity index (χ0) is 13.3. The van der Waals surface area contributed by atoms with Gasteiger partial charge in [-0.25, -0.2) is 0 Å². The minimum atomic E-state index is 0.158. The second kappa shape index (κ2) is 5.22. The van der Waals surface area contributed by atoms with E-state index in [1.54, 1.807) is 7.11 Å². The molecule has 0 unspecified atom stereocenters. The molecule has 2 rings (SSSR count). The molecule has 1 aliphatic carbocycles. The molecule has 0 aliphatic heterocycles. The van der Waals surface area contributed by atoms with Gasteiger partial charge in [0.25, 0.3) is 0 Å². The Morgan fingerprint density at radius 3 is 2.78 bits per heavy atom. The van der Waals surface area contributed by atoms with Crippen molar-refractivity contribution in [3.8, 4) is 5.75 Å². The molecule has 1 aromatic rings. The maximum absolute atomic E-state index is 9.17. The van der Waals surface area contributed by atoms with Crippen LogP contribution in [-0.4, -0.2) is 18.8 Å². The van der Waals surface area contributed by atoms with Crippen LogP contribution in [0, 0.1) is 0 Å². The molecule has 1 aromatic carbocycles. The Labute approximate surface area is 117 Å². The zero-order valence-corrected chi connectivity index (χ0v) is 12.9. The van der Waals surface area contributed by atoms with Crippen molar-refractivity contribution in [3.05, 3.63) is 27.2 Å². The average Bonchev–Trinajstić information content (AvgIpc) is 2.28. The summed E-state index contributed by atoms with van der Waals surface area (Å²) in [5, 5.41) is 9.17. The van der Waals surface area contributed by atoms with E-state index >= 15 is 0 Å². The lowest BCUT2D eigenvalue weighted by molar-refractivity contribution is 0.296. The largest absolute Gasteiger partial charge is 0.495 e. The van der Waals surface area contributed by atoms with Crippen molar-refractivity contribution < 1.29 is 9.84 Å². The molecular weight excluding hydrogens is 292 g/mol. The van der Waals surface area contributed by atoms with Crippen molar-refractivity contribution in [2.75, 3.05) is 13.7 Å². The first-order valence-corrected chi connectivity index (χ1v) is 7.30. The van der Waals surface area contributed by atoms with E-state index in [0.717, 1.165) is 22.2 Å². The van der Waals surface area contributed by atoms with Crippen LogP contribution in [0.15, 0.2) is 10.5 Å². The molecule has 18 heavy (non-hydrogen) atoms. The normalized spacial score (nSPS) is 17.4.